The minimum Gasteiger partial charge on any atom is -0.489 e. The summed E-state index contributed by atoms with van der Waals surface area (Å²) in [6.07, 6.45) is 4.41. The quantitative estimate of drug-likeness (QED) is 0.827. The second-order valence-electron chi connectivity index (χ2n) is 6.85. The summed E-state index contributed by atoms with van der Waals surface area (Å²) in [6.45, 7) is 3.14. The van der Waals surface area contributed by atoms with Gasteiger partial charge in [-0.1, -0.05) is 23.7 Å². The normalized spacial score (nSPS) is 16.6. The van der Waals surface area contributed by atoms with E-state index in [0.717, 1.165) is 30.9 Å². The highest BCUT2D eigenvalue weighted by atomic mass is 35.5. The second-order valence-corrected chi connectivity index (χ2v) is 7.26. The number of rotatable bonds is 3. The number of ether oxygens (including phenoxy) is 2. The van der Waals surface area contributed by atoms with Crippen LogP contribution in [0, 0.1) is 0 Å². The molecule has 1 saturated heterocycles. The van der Waals surface area contributed by atoms with Crippen LogP contribution in [0.3, 0.4) is 0 Å². The number of carbonyl (C=O) groups excluding carboxylic acids is 1. The SMILES string of the molecule is O=C(Nc1ccccc1N1CCCCC1)c1cc(Cl)c2c(c1)OCCCO2. The molecule has 2 aliphatic rings. The van der Waals surface area contributed by atoms with E-state index >= 15 is 0 Å². The van der Waals surface area contributed by atoms with E-state index in [4.69, 9.17) is 21.1 Å². The third kappa shape index (κ3) is 3.98. The van der Waals surface area contributed by atoms with E-state index in [-0.39, 0.29) is 5.91 Å². The highest BCUT2D eigenvalue weighted by Crippen LogP contribution is 2.38. The molecule has 2 heterocycles. The molecule has 2 aromatic rings. The molecule has 5 nitrogen and oxygen atoms in total. The number of piperidine rings is 1. The van der Waals surface area contributed by atoms with Crippen LogP contribution in [-0.2, 0) is 0 Å². The monoisotopic (exact) mass is 386 g/mol. The maximum atomic E-state index is 12.9. The van der Waals surface area contributed by atoms with Crippen LogP contribution in [0.25, 0.3) is 0 Å². The minimum atomic E-state index is -0.211. The van der Waals surface area contributed by atoms with Gasteiger partial charge in [-0.05, 0) is 43.5 Å². The maximum absolute atomic E-state index is 12.9. The topological polar surface area (TPSA) is 50.8 Å². The Morgan fingerprint density at radius 3 is 2.63 bits per heavy atom. The number of nitrogens with one attached hydrogen (secondary N) is 1. The van der Waals surface area contributed by atoms with Gasteiger partial charge in [0.2, 0.25) is 0 Å². The first-order chi connectivity index (χ1) is 13.2. The molecule has 0 spiro atoms. The third-order valence-electron chi connectivity index (χ3n) is 4.91. The Bertz CT molecular complexity index is 834. The number of fused-ring (bicyclic) bond motifs is 1. The number of anilines is 2. The number of benzene rings is 2. The van der Waals surface area contributed by atoms with Crippen LogP contribution in [0.1, 0.15) is 36.0 Å². The summed E-state index contributed by atoms with van der Waals surface area (Å²) >= 11 is 6.33. The number of halogens is 1. The Morgan fingerprint density at radius 1 is 1.00 bits per heavy atom. The summed E-state index contributed by atoms with van der Waals surface area (Å²) in [5, 5.41) is 3.43. The lowest BCUT2D eigenvalue weighted by atomic mass is 10.1. The molecule has 1 N–H and O–H groups in total. The first-order valence-electron chi connectivity index (χ1n) is 9.47. The molecule has 142 valence electrons. The molecular formula is C21H23ClN2O3. The van der Waals surface area contributed by atoms with E-state index in [2.05, 4.69) is 16.3 Å². The van der Waals surface area contributed by atoms with Gasteiger partial charge in [-0.25, -0.2) is 0 Å². The second kappa shape index (κ2) is 8.09. The van der Waals surface area contributed by atoms with Crippen molar-refractivity contribution in [2.24, 2.45) is 0 Å². The minimum absolute atomic E-state index is 0.211. The van der Waals surface area contributed by atoms with Crippen molar-refractivity contribution < 1.29 is 14.3 Å². The lowest BCUT2D eigenvalue weighted by Crippen LogP contribution is -2.30. The number of amides is 1. The molecule has 0 saturated carbocycles. The van der Waals surface area contributed by atoms with E-state index in [0.29, 0.717) is 35.3 Å². The lowest BCUT2D eigenvalue weighted by Gasteiger charge is -2.30. The van der Waals surface area contributed by atoms with Crippen LogP contribution in [0.5, 0.6) is 11.5 Å². The molecule has 2 aliphatic heterocycles. The van der Waals surface area contributed by atoms with E-state index in [9.17, 15) is 4.79 Å². The fraction of sp³-hybridized carbons (Fsp3) is 0.381. The van der Waals surface area contributed by atoms with Gasteiger partial charge in [0, 0.05) is 25.1 Å². The Kier molecular flexibility index (Phi) is 5.39. The van der Waals surface area contributed by atoms with Crippen molar-refractivity contribution in [2.75, 3.05) is 36.5 Å². The van der Waals surface area contributed by atoms with E-state index in [1.807, 2.05) is 18.2 Å². The number of carbonyl (C=O) groups is 1. The molecule has 0 bridgehead atoms. The van der Waals surface area contributed by atoms with Gasteiger partial charge in [0.1, 0.15) is 0 Å². The zero-order valence-electron chi connectivity index (χ0n) is 15.2. The molecule has 2 aromatic carbocycles. The van der Waals surface area contributed by atoms with Crippen molar-refractivity contribution in [2.45, 2.75) is 25.7 Å². The predicted octanol–water partition coefficient (Wildman–Crippen LogP) is 4.74. The van der Waals surface area contributed by atoms with E-state index < -0.39 is 0 Å². The molecule has 0 unspecified atom stereocenters. The van der Waals surface area contributed by atoms with Crippen LogP contribution < -0.4 is 19.7 Å². The highest BCUT2D eigenvalue weighted by molar-refractivity contribution is 6.32. The van der Waals surface area contributed by atoms with E-state index in [1.54, 1.807) is 12.1 Å². The van der Waals surface area contributed by atoms with Gasteiger partial charge >= 0.3 is 0 Å². The van der Waals surface area contributed by atoms with Crippen molar-refractivity contribution in [3.8, 4) is 11.5 Å². The van der Waals surface area contributed by atoms with Crippen LogP contribution in [0.4, 0.5) is 11.4 Å². The van der Waals surface area contributed by atoms with Crippen LogP contribution >= 0.6 is 11.6 Å². The average molecular weight is 387 g/mol. The Morgan fingerprint density at radius 2 is 1.78 bits per heavy atom. The third-order valence-corrected chi connectivity index (χ3v) is 5.19. The zero-order chi connectivity index (χ0) is 18.6. The van der Waals surface area contributed by atoms with Gasteiger partial charge in [0.15, 0.2) is 11.5 Å². The zero-order valence-corrected chi connectivity index (χ0v) is 15.9. The molecule has 27 heavy (non-hydrogen) atoms. The first-order valence-corrected chi connectivity index (χ1v) is 9.84. The van der Waals surface area contributed by atoms with Gasteiger partial charge < -0.3 is 19.7 Å². The van der Waals surface area contributed by atoms with Crippen molar-refractivity contribution >= 4 is 28.9 Å². The van der Waals surface area contributed by atoms with Crippen molar-refractivity contribution in [3.05, 3.63) is 47.0 Å². The standard InChI is InChI=1S/C21H23ClN2O3/c22-16-13-15(14-19-20(16)27-12-6-11-26-19)21(25)23-17-7-2-3-8-18(17)24-9-4-1-5-10-24/h2-3,7-8,13-14H,1,4-6,9-12H2,(H,23,25). The lowest BCUT2D eigenvalue weighted by molar-refractivity contribution is 0.102. The number of nitrogens with zero attached hydrogens (tertiary/aromatic N) is 1. The Balaban J connectivity index is 1.58. The molecule has 6 heteroatoms. The summed E-state index contributed by atoms with van der Waals surface area (Å²) in [6, 6.07) is 11.3. The molecule has 4 rings (SSSR count). The molecule has 0 aromatic heterocycles. The summed E-state index contributed by atoms with van der Waals surface area (Å²) in [7, 11) is 0. The van der Waals surface area contributed by atoms with Crippen molar-refractivity contribution in [1.29, 1.82) is 0 Å². The van der Waals surface area contributed by atoms with Gasteiger partial charge in [-0.15, -0.1) is 0 Å². The summed E-state index contributed by atoms with van der Waals surface area (Å²) in [5.41, 5.74) is 2.33. The molecular weight excluding hydrogens is 364 g/mol. The smallest absolute Gasteiger partial charge is 0.255 e. The molecule has 1 fully saturated rings. The molecule has 0 atom stereocenters. The fourth-order valence-corrected chi connectivity index (χ4v) is 3.81. The van der Waals surface area contributed by atoms with Crippen LogP contribution in [0.2, 0.25) is 5.02 Å². The number of hydrogen-bond acceptors (Lipinski definition) is 4. The molecule has 1 amide bonds. The van der Waals surface area contributed by atoms with Crippen molar-refractivity contribution in [3.63, 3.8) is 0 Å². The predicted molar refractivity (Wildman–Crippen MR) is 108 cm³/mol. The average Bonchev–Trinajstić information content (AvgIpc) is 2.95. The van der Waals surface area contributed by atoms with Crippen LogP contribution in [-0.4, -0.2) is 32.2 Å². The first kappa shape index (κ1) is 18.0. The summed E-state index contributed by atoms with van der Waals surface area (Å²) in [5.74, 6) is 0.825. The largest absolute Gasteiger partial charge is 0.489 e. The number of hydrogen-bond donors (Lipinski definition) is 1. The van der Waals surface area contributed by atoms with Gasteiger partial charge in [0.25, 0.3) is 5.91 Å². The molecule has 0 aliphatic carbocycles. The van der Waals surface area contributed by atoms with Gasteiger partial charge in [-0.2, -0.15) is 0 Å². The Hall–Kier alpha value is -2.40. The summed E-state index contributed by atoms with van der Waals surface area (Å²) in [4.78, 5) is 15.2. The fourth-order valence-electron chi connectivity index (χ4n) is 3.55. The van der Waals surface area contributed by atoms with Crippen LogP contribution in [0.15, 0.2) is 36.4 Å². The Labute approximate surface area is 164 Å². The van der Waals surface area contributed by atoms with Gasteiger partial charge in [-0.3, -0.25) is 4.79 Å². The van der Waals surface area contributed by atoms with Crippen molar-refractivity contribution in [1.82, 2.24) is 0 Å². The van der Waals surface area contributed by atoms with Gasteiger partial charge in [0.05, 0.1) is 29.6 Å². The van der Waals surface area contributed by atoms with E-state index in [1.165, 1.54) is 19.3 Å². The molecule has 0 radical (unpaired) electrons. The number of para-hydroxylation sites is 2. The highest BCUT2D eigenvalue weighted by Gasteiger charge is 2.20. The summed E-state index contributed by atoms with van der Waals surface area (Å²) < 4.78 is 11.3. The maximum Gasteiger partial charge on any atom is 0.255 e.